The first-order valence-electron chi connectivity index (χ1n) is 14.2. The molecule has 9 nitrogen and oxygen atoms in total. The van der Waals surface area contributed by atoms with Crippen LogP contribution in [0.5, 0.6) is 5.75 Å². The van der Waals surface area contributed by atoms with E-state index in [4.69, 9.17) is 0 Å². The van der Waals surface area contributed by atoms with Gasteiger partial charge in [-0.2, -0.15) is 4.99 Å². The third-order valence-corrected chi connectivity index (χ3v) is 8.06. The number of carbonyl (C=O) groups is 2. The van der Waals surface area contributed by atoms with Crippen LogP contribution in [-0.4, -0.2) is 50.5 Å². The number of aliphatic imine (C=N–C) groups is 1. The van der Waals surface area contributed by atoms with Crippen molar-refractivity contribution in [1.29, 1.82) is 0 Å². The Hall–Kier alpha value is -4.65. The van der Waals surface area contributed by atoms with Crippen LogP contribution in [0.2, 0.25) is 0 Å². The summed E-state index contributed by atoms with van der Waals surface area (Å²) < 4.78 is 42.6. The fraction of sp³-hybridized carbons (Fsp3) is 0.281. The van der Waals surface area contributed by atoms with Gasteiger partial charge < -0.3 is 10.1 Å². The van der Waals surface area contributed by atoms with E-state index in [1.54, 1.807) is 4.90 Å². The van der Waals surface area contributed by atoms with Crippen LogP contribution >= 0.6 is 11.8 Å². The van der Waals surface area contributed by atoms with Gasteiger partial charge in [0, 0.05) is 12.1 Å². The first-order chi connectivity index (χ1) is 21.4. The average Bonchev–Trinajstić information content (AvgIpc) is 3.62. The molecule has 1 atom stereocenters. The Labute approximate surface area is 262 Å². The molecule has 0 bridgehead atoms. The molecule has 1 N–H and O–H groups in total. The van der Waals surface area contributed by atoms with E-state index in [-0.39, 0.29) is 29.2 Å². The summed E-state index contributed by atoms with van der Waals surface area (Å²) in [6.45, 7) is 8.39. The molecule has 0 aliphatic carbocycles. The van der Waals surface area contributed by atoms with E-state index in [1.807, 2.05) is 56.3 Å². The predicted octanol–water partition coefficient (Wildman–Crippen LogP) is 7.21. The number of urea groups is 1. The lowest BCUT2D eigenvalue weighted by molar-refractivity contribution is -0.274. The van der Waals surface area contributed by atoms with Crippen LogP contribution in [0.15, 0.2) is 78.0 Å². The fourth-order valence-corrected chi connectivity index (χ4v) is 5.64. The minimum Gasteiger partial charge on any atom is -0.406 e. The van der Waals surface area contributed by atoms with E-state index in [1.165, 1.54) is 47.0 Å². The number of anilines is 1. The molecule has 1 aromatic heterocycles. The van der Waals surface area contributed by atoms with E-state index < -0.39 is 12.4 Å². The summed E-state index contributed by atoms with van der Waals surface area (Å²) in [5.74, 6) is 0.379. The van der Waals surface area contributed by atoms with Crippen molar-refractivity contribution in [3.05, 3.63) is 89.7 Å². The highest BCUT2D eigenvalue weighted by Gasteiger charge is 2.33. The maximum absolute atomic E-state index is 12.8. The molecule has 0 saturated carbocycles. The zero-order valence-electron chi connectivity index (χ0n) is 25.0. The first-order valence-corrected chi connectivity index (χ1v) is 15.2. The molecule has 1 aliphatic rings. The van der Waals surface area contributed by atoms with Crippen LogP contribution in [0.4, 0.5) is 23.7 Å². The van der Waals surface area contributed by atoms with Crippen LogP contribution in [0.1, 0.15) is 49.3 Å². The second-order valence-corrected chi connectivity index (χ2v) is 11.8. The summed E-state index contributed by atoms with van der Waals surface area (Å²) in [5.41, 5.74) is 5.03. The van der Waals surface area contributed by atoms with Gasteiger partial charge in [0.2, 0.25) is 5.91 Å². The van der Waals surface area contributed by atoms with E-state index in [9.17, 15) is 22.8 Å². The molecule has 4 aromatic rings. The van der Waals surface area contributed by atoms with E-state index >= 15 is 0 Å². The zero-order valence-corrected chi connectivity index (χ0v) is 25.8. The molecular formula is C32H31F3N6O3S. The van der Waals surface area contributed by atoms with Gasteiger partial charge in [0.1, 0.15) is 12.1 Å². The second kappa shape index (κ2) is 13.1. The number of nitrogens with zero attached hydrogens (tertiary/aromatic N) is 5. The van der Waals surface area contributed by atoms with Crippen molar-refractivity contribution >= 4 is 34.6 Å². The number of carbonyl (C=O) groups excluding carboxylic acids is 2. The molecular weight excluding hydrogens is 605 g/mol. The molecule has 13 heteroatoms. The van der Waals surface area contributed by atoms with Gasteiger partial charge in [0.15, 0.2) is 11.0 Å². The van der Waals surface area contributed by atoms with Crippen molar-refractivity contribution < 1.29 is 27.5 Å². The Kier molecular flexibility index (Phi) is 9.28. The SMILES string of the molecule is Cc1ccc(C(C)C)c(N2C(=O)CS/C2=N\C(=O)NCC(C)c2ccc(-c3ncn(-c4ccc(OC(F)(F)F)cc4)n3)cc2)c1. The third kappa shape index (κ3) is 7.72. The number of aryl methyl sites for hydroxylation is 1. The van der Waals surface area contributed by atoms with Gasteiger partial charge in [-0.05, 0) is 65.8 Å². The van der Waals surface area contributed by atoms with Crippen LogP contribution in [0.25, 0.3) is 17.1 Å². The monoisotopic (exact) mass is 636 g/mol. The maximum Gasteiger partial charge on any atom is 0.573 e. The van der Waals surface area contributed by atoms with Crippen molar-refractivity contribution in [2.45, 2.75) is 45.9 Å². The number of alkyl halides is 3. The minimum absolute atomic E-state index is 0.0376. The number of thioether (sulfide) groups is 1. The van der Waals surface area contributed by atoms with E-state index in [2.05, 4.69) is 39.0 Å². The molecule has 5 rings (SSSR count). The summed E-state index contributed by atoms with van der Waals surface area (Å²) in [6.07, 6.45) is -3.29. The number of benzene rings is 3. The smallest absolute Gasteiger partial charge is 0.406 e. The molecule has 1 saturated heterocycles. The maximum atomic E-state index is 12.8. The molecule has 1 unspecified atom stereocenters. The average molecular weight is 637 g/mol. The quantitative estimate of drug-likeness (QED) is 0.219. The number of hydrogen-bond acceptors (Lipinski definition) is 6. The predicted molar refractivity (Wildman–Crippen MR) is 168 cm³/mol. The summed E-state index contributed by atoms with van der Waals surface area (Å²) in [7, 11) is 0. The Bertz CT molecular complexity index is 1720. The number of amidine groups is 1. The Morgan fingerprint density at radius 2 is 1.78 bits per heavy atom. The molecule has 3 amide bonds. The van der Waals surface area contributed by atoms with Crippen molar-refractivity contribution in [2.24, 2.45) is 4.99 Å². The van der Waals surface area contributed by atoms with Gasteiger partial charge in [0.25, 0.3) is 0 Å². The fourth-order valence-electron chi connectivity index (χ4n) is 4.78. The number of nitrogens with one attached hydrogen (secondary N) is 1. The molecule has 0 radical (unpaired) electrons. The number of halogens is 3. The highest BCUT2D eigenvalue weighted by molar-refractivity contribution is 8.15. The molecule has 45 heavy (non-hydrogen) atoms. The van der Waals surface area contributed by atoms with Gasteiger partial charge in [0.05, 0.1) is 17.1 Å². The lowest BCUT2D eigenvalue weighted by Gasteiger charge is -2.22. The summed E-state index contributed by atoms with van der Waals surface area (Å²) in [6, 6.07) is 18.3. The van der Waals surface area contributed by atoms with Crippen molar-refractivity contribution in [3.8, 4) is 22.8 Å². The molecule has 2 heterocycles. The van der Waals surface area contributed by atoms with E-state index in [0.29, 0.717) is 23.2 Å². The number of hydrogen-bond donors (Lipinski definition) is 1. The number of aromatic nitrogens is 3. The Balaban J connectivity index is 1.20. The van der Waals surface area contributed by atoms with Crippen molar-refractivity contribution in [2.75, 3.05) is 17.2 Å². The molecule has 0 spiro atoms. The van der Waals surface area contributed by atoms with Crippen LogP contribution in [0, 0.1) is 6.92 Å². The van der Waals surface area contributed by atoms with E-state index in [0.717, 1.165) is 27.9 Å². The van der Waals surface area contributed by atoms with Crippen LogP contribution < -0.4 is 15.0 Å². The summed E-state index contributed by atoms with van der Waals surface area (Å²) in [4.78, 5) is 35.7. The Morgan fingerprint density at radius 3 is 2.44 bits per heavy atom. The molecule has 3 aromatic carbocycles. The molecule has 234 valence electrons. The molecule has 1 aliphatic heterocycles. The standard InChI is InChI=1S/C32H31F3N6O3S/c1-19(2)26-14-5-20(3)15-27(26)41-28(42)17-45-31(41)38-30(43)36-16-21(4)22-6-8-23(9-7-22)29-37-18-40(39-29)24-10-12-25(13-11-24)44-32(33,34)35/h5-15,18-19,21H,16-17H2,1-4H3,(H,36,43)/b38-31-. The number of amides is 3. The number of ether oxygens (including phenoxy) is 1. The minimum atomic E-state index is -4.76. The van der Waals surface area contributed by atoms with Gasteiger partial charge in [-0.1, -0.05) is 68.9 Å². The van der Waals surface area contributed by atoms with Crippen molar-refractivity contribution in [3.63, 3.8) is 0 Å². The number of rotatable bonds is 8. The summed E-state index contributed by atoms with van der Waals surface area (Å²) >= 11 is 1.25. The van der Waals surface area contributed by atoms with Crippen molar-refractivity contribution in [1.82, 2.24) is 20.1 Å². The third-order valence-electron chi connectivity index (χ3n) is 7.14. The summed E-state index contributed by atoms with van der Waals surface area (Å²) in [5, 5.41) is 7.64. The molecule has 1 fully saturated rings. The normalized spacial score (nSPS) is 15.2. The van der Waals surface area contributed by atoms with Crippen LogP contribution in [0.3, 0.4) is 0 Å². The Morgan fingerprint density at radius 1 is 1.07 bits per heavy atom. The van der Waals surface area contributed by atoms with Gasteiger partial charge >= 0.3 is 12.4 Å². The topological polar surface area (TPSA) is 102 Å². The highest BCUT2D eigenvalue weighted by atomic mass is 32.2. The van der Waals surface area contributed by atoms with Crippen LogP contribution in [-0.2, 0) is 4.79 Å². The first kappa shape index (κ1) is 31.8. The second-order valence-electron chi connectivity index (χ2n) is 10.9. The lowest BCUT2D eigenvalue weighted by Crippen LogP contribution is -2.33. The zero-order chi connectivity index (χ0) is 32.3. The highest BCUT2D eigenvalue weighted by Crippen LogP contribution is 2.34. The largest absolute Gasteiger partial charge is 0.573 e. The van der Waals surface area contributed by atoms with Gasteiger partial charge in [-0.25, -0.2) is 14.5 Å². The lowest BCUT2D eigenvalue weighted by atomic mass is 9.99. The van der Waals surface area contributed by atoms with Gasteiger partial charge in [-0.15, -0.1) is 18.3 Å². The van der Waals surface area contributed by atoms with Gasteiger partial charge in [-0.3, -0.25) is 9.69 Å².